The zero-order chi connectivity index (χ0) is 12.9. The van der Waals surface area contributed by atoms with Gasteiger partial charge in [0.25, 0.3) is 0 Å². The normalized spacial score (nSPS) is 11.8. The average molecular weight is 268 g/mol. The van der Waals surface area contributed by atoms with Gasteiger partial charge in [0.15, 0.2) is 0 Å². The van der Waals surface area contributed by atoms with Crippen LogP contribution in [-0.2, 0) is 0 Å². The summed E-state index contributed by atoms with van der Waals surface area (Å²) in [5.41, 5.74) is 3.13. The summed E-state index contributed by atoms with van der Waals surface area (Å²) in [6, 6.07) is 6.71. The molecule has 17 heavy (non-hydrogen) atoms. The van der Waals surface area contributed by atoms with Gasteiger partial charge in [0.1, 0.15) is 0 Å². The number of aryl methyl sites for hydroxylation is 2. The topological polar surface area (TPSA) is 0 Å². The molecule has 0 nitrogen and oxygen atoms in total. The molecule has 0 spiro atoms. The Morgan fingerprint density at radius 2 is 1.82 bits per heavy atom. The van der Waals surface area contributed by atoms with E-state index in [1.165, 1.54) is 34.6 Å². The molecule has 0 N–H and O–H groups in total. The molecular formula is C15H24S2. The largest absolute Gasteiger partial charge is 0.179 e. The predicted molar refractivity (Wildman–Crippen MR) is 83.5 cm³/mol. The van der Waals surface area contributed by atoms with Crippen LogP contribution in [0.15, 0.2) is 23.1 Å². The molecule has 0 unspecified atom stereocenters. The summed E-state index contributed by atoms with van der Waals surface area (Å²) < 4.78 is 0. The van der Waals surface area contributed by atoms with Crippen molar-refractivity contribution in [1.29, 1.82) is 0 Å². The van der Waals surface area contributed by atoms with Crippen molar-refractivity contribution in [2.24, 2.45) is 5.41 Å². The maximum atomic E-state index is 4.54. The summed E-state index contributed by atoms with van der Waals surface area (Å²) in [6.45, 7) is 8.92. The molecule has 1 aromatic rings. The lowest BCUT2D eigenvalue weighted by atomic mass is 9.87. The average Bonchev–Trinajstić information content (AvgIpc) is 2.35. The maximum Gasteiger partial charge on any atom is 0.0104 e. The lowest BCUT2D eigenvalue weighted by Crippen LogP contribution is -2.24. The van der Waals surface area contributed by atoms with E-state index in [0.717, 1.165) is 5.75 Å². The highest BCUT2D eigenvalue weighted by Crippen LogP contribution is 2.36. The van der Waals surface area contributed by atoms with E-state index in [9.17, 15) is 0 Å². The Bertz CT molecular complexity index is 346. The van der Waals surface area contributed by atoms with Gasteiger partial charge in [-0.25, -0.2) is 0 Å². The van der Waals surface area contributed by atoms with Gasteiger partial charge in [0.2, 0.25) is 0 Å². The van der Waals surface area contributed by atoms with Gasteiger partial charge in [-0.05, 0) is 49.5 Å². The molecule has 0 radical (unpaired) electrons. The second kappa shape index (κ2) is 6.75. The third-order valence-corrected chi connectivity index (χ3v) is 5.89. The zero-order valence-electron chi connectivity index (χ0n) is 11.4. The third kappa shape index (κ3) is 3.96. The van der Waals surface area contributed by atoms with Crippen LogP contribution in [-0.4, -0.2) is 11.5 Å². The van der Waals surface area contributed by atoms with Crippen molar-refractivity contribution in [3.63, 3.8) is 0 Å². The van der Waals surface area contributed by atoms with E-state index in [2.05, 4.69) is 58.5 Å². The van der Waals surface area contributed by atoms with Gasteiger partial charge < -0.3 is 0 Å². The Hall–Kier alpha value is -0.0800. The van der Waals surface area contributed by atoms with Crippen molar-refractivity contribution in [3.05, 3.63) is 29.3 Å². The molecule has 1 rings (SSSR count). The number of thioether (sulfide) groups is 1. The summed E-state index contributed by atoms with van der Waals surface area (Å²) >= 11 is 6.53. The lowest BCUT2D eigenvalue weighted by Gasteiger charge is -2.29. The van der Waals surface area contributed by atoms with Gasteiger partial charge >= 0.3 is 0 Å². The molecule has 0 saturated carbocycles. The van der Waals surface area contributed by atoms with Crippen molar-refractivity contribution in [3.8, 4) is 0 Å². The Labute approximate surface area is 116 Å². The van der Waals surface area contributed by atoms with Crippen LogP contribution in [0.3, 0.4) is 0 Å². The van der Waals surface area contributed by atoms with Crippen molar-refractivity contribution in [1.82, 2.24) is 0 Å². The van der Waals surface area contributed by atoms with Crippen LogP contribution < -0.4 is 0 Å². The number of hydrogen-bond donors (Lipinski definition) is 1. The summed E-state index contributed by atoms with van der Waals surface area (Å²) in [5, 5.41) is 0. The maximum absolute atomic E-state index is 4.54. The van der Waals surface area contributed by atoms with Crippen LogP contribution in [0.5, 0.6) is 0 Å². The first kappa shape index (κ1) is 15.0. The number of hydrogen-bond acceptors (Lipinski definition) is 2. The molecule has 0 aliphatic rings. The van der Waals surface area contributed by atoms with E-state index in [1.807, 2.05) is 11.8 Å². The molecule has 0 atom stereocenters. The quantitative estimate of drug-likeness (QED) is 0.551. The second-order valence-electron chi connectivity index (χ2n) is 4.92. The fourth-order valence-corrected chi connectivity index (χ4v) is 4.06. The zero-order valence-corrected chi connectivity index (χ0v) is 13.1. The Kier molecular flexibility index (Phi) is 5.94. The van der Waals surface area contributed by atoms with E-state index in [0.29, 0.717) is 5.41 Å². The molecule has 0 heterocycles. The van der Waals surface area contributed by atoms with Crippen molar-refractivity contribution >= 4 is 24.4 Å². The van der Waals surface area contributed by atoms with Crippen LogP contribution in [0.1, 0.15) is 37.8 Å². The highest BCUT2D eigenvalue weighted by atomic mass is 32.2. The molecule has 0 aromatic heterocycles. The summed E-state index contributed by atoms with van der Waals surface area (Å²) in [6.07, 6.45) is 2.43. The molecule has 0 aliphatic carbocycles. The first-order valence-electron chi connectivity index (χ1n) is 6.38. The van der Waals surface area contributed by atoms with Crippen molar-refractivity contribution < 1.29 is 0 Å². The molecule has 96 valence electrons. The Balaban J connectivity index is 2.75. The SMILES string of the molecule is CCC(CC)(CS)CSc1cc(C)ccc1C. The minimum Gasteiger partial charge on any atom is -0.179 e. The molecule has 0 fully saturated rings. The van der Waals surface area contributed by atoms with E-state index in [1.54, 1.807) is 0 Å². The van der Waals surface area contributed by atoms with Gasteiger partial charge in [0.05, 0.1) is 0 Å². The van der Waals surface area contributed by atoms with E-state index in [4.69, 9.17) is 0 Å². The summed E-state index contributed by atoms with van der Waals surface area (Å²) in [4.78, 5) is 1.43. The van der Waals surface area contributed by atoms with Gasteiger partial charge in [-0.15, -0.1) is 11.8 Å². The highest BCUT2D eigenvalue weighted by molar-refractivity contribution is 7.99. The molecule has 2 heteroatoms. The van der Waals surface area contributed by atoms with Crippen LogP contribution >= 0.6 is 24.4 Å². The minimum absolute atomic E-state index is 0.393. The fourth-order valence-electron chi connectivity index (χ4n) is 1.82. The summed E-state index contributed by atoms with van der Waals surface area (Å²) in [5.74, 6) is 2.16. The monoisotopic (exact) mass is 268 g/mol. The lowest BCUT2D eigenvalue weighted by molar-refractivity contribution is 0.357. The van der Waals surface area contributed by atoms with Crippen molar-refractivity contribution in [2.45, 2.75) is 45.4 Å². The standard InChI is InChI=1S/C15H24S2/c1-5-15(6-2,10-16)11-17-14-9-12(3)7-8-13(14)4/h7-9,16H,5-6,10-11H2,1-4H3. The van der Waals surface area contributed by atoms with Gasteiger partial charge in [-0.3, -0.25) is 0 Å². The van der Waals surface area contributed by atoms with E-state index < -0.39 is 0 Å². The number of rotatable bonds is 6. The fraction of sp³-hybridized carbons (Fsp3) is 0.600. The third-order valence-electron chi connectivity index (χ3n) is 3.71. The Morgan fingerprint density at radius 3 is 2.35 bits per heavy atom. The van der Waals surface area contributed by atoms with Crippen LogP contribution in [0, 0.1) is 19.3 Å². The second-order valence-corrected chi connectivity index (χ2v) is 6.26. The van der Waals surface area contributed by atoms with E-state index in [-0.39, 0.29) is 0 Å². The summed E-state index contributed by atoms with van der Waals surface area (Å²) in [7, 11) is 0. The van der Waals surface area contributed by atoms with Gasteiger partial charge in [0, 0.05) is 10.6 Å². The molecule has 0 aliphatic heterocycles. The number of benzene rings is 1. The van der Waals surface area contributed by atoms with Crippen LogP contribution in [0.4, 0.5) is 0 Å². The number of thiol groups is 1. The van der Waals surface area contributed by atoms with Gasteiger partial charge in [-0.1, -0.05) is 31.5 Å². The predicted octanol–water partition coefficient (Wildman–Crippen LogP) is 5.13. The first-order valence-corrected chi connectivity index (χ1v) is 7.99. The first-order chi connectivity index (χ1) is 8.06. The Morgan fingerprint density at radius 1 is 1.18 bits per heavy atom. The van der Waals surface area contributed by atoms with Crippen molar-refractivity contribution in [2.75, 3.05) is 11.5 Å². The molecule has 0 saturated heterocycles. The highest BCUT2D eigenvalue weighted by Gasteiger charge is 2.24. The van der Waals surface area contributed by atoms with Crippen LogP contribution in [0.25, 0.3) is 0 Å². The van der Waals surface area contributed by atoms with Gasteiger partial charge in [-0.2, -0.15) is 12.6 Å². The smallest absolute Gasteiger partial charge is 0.0104 e. The molecule has 1 aromatic carbocycles. The molecule has 0 bridgehead atoms. The minimum atomic E-state index is 0.393. The van der Waals surface area contributed by atoms with Crippen LogP contribution in [0.2, 0.25) is 0 Å². The molecular weight excluding hydrogens is 244 g/mol. The van der Waals surface area contributed by atoms with E-state index >= 15 is 0 Å². The molecule has 0 amide bonds.